The molecule has 0 radical (unpaired) electrons. The van der Waals surface area contributed by atoms with Gasteiger partial charge in [0.05, 0.1) is 5.69 Å². The number of aromatic nitrogens is 2. The second kappa shape index (κ2) is 11.6. The number of alkyl halides is 3. The number of hydrogen-bond donors (Lipinski definition) is 2. The van der Waals surface area contributed by atoms with E-state index < -0.39 is 23.9 Å². The van der Waals surface area contributed by atoms with E-state index in [0.29, 0.717) is 11.8 Å². The molecule has 0 bridgehead atoms. The first kappa shape index (κ1) is 28.6. The van der Waals surface area contributed by atoms with Crippen LogP contribution in [0.25, 0.3) is 0 Å². The maximum Gasteiger partial charge on any atom is 0.490 e. The summed E-state index contributed by atoms with van der Waals surface area (Å²) in [6.07, 6.45) is -2.78. The number of rotatable bonds is 6. The van der Waals surface area contributed by atoms with Crippen LogP contribution in [0.5, 0.6) is 11.5 Å². The second-order valence-corrected chi connectivity index (χ2v) is 8.89. The zero-order chi connectivity index (χ0) is 28.2. The maximum atomic E-state index is 14.2. The van der Waals surface area contributed by atoms with Crippen LogP contribution in [-0.4, -0.2) is 44.4 Å². The van der Waals surface area contributed by atoms with Crippen molar-refractivity contribution in [2.24, 2.45) is 12.8 Å². The largest absolute Gasteiger partial charge is 0.490 e. The summed E-state index contributed by atoms with van der Waals surface area (Å²) in [5.41, 5.74) is 10.1. The molecule has 0 aliphatic carbocycles. The summed E-state index contributed by atoms with van der Waals surface area (Å²) < 4.78 is 53.5. The van der Waals surface area contributed by atoms with E-state index in [-0.39, 0.29) is 11.3 Å². The van der Waals surface area contributed by atoms with Gasteiger partial charge < -0.3 is 15.6 Å². The van der Waals surface area contributed by atoms with Crippen LogP contribution in [0.15, 0.2) is 42.5 Å². The molecule has 1 unspecified atom stereocenters. The van der Waals surface area contributed by atoms with Crippen molar-refractivity contribution in [2.75, 3.05) is 6.54 Å². The summed E-state index contributed by atoms with van der Waals surface area (Å²) >= 11 is 0. The molecule has 0 spiro atoms. The fraction of sp³-hybridized carbons (Fsp3) is 0.346. The Bertz CT molecular complexity index is 1310. The lowest BCUT2D eigenvalue weighted by Gasteiger charge is -2.25. The average molecular weight is 537 g/mol. The molecule has 1 atom stereocenters. The number of primary amides is 1. The number of amides is 1. The van der Waals surface area contributed by atoms with Crippen molar-refractivity contribution >= 4 is 11.9 Å². The van der Waals surface area contributed by atoms with Gasteiger partial charge in [-0.2, -0.15) is 18.3 Å². The lowest BCUT2D eigenvalue weighted by molar-refractivity contribution is -0.192. The van der Waals surface area contributed by atoms with E-state index in [1.165, 1.54) is 35.4 Å². The molecule has 38 heavy (non-hydrogen) atoms. The first-order chi connectivity index (χ1) is 17.8. The Kier molecular flexibility index (Phi) is 8.77. The monoisotopic (exact) mass is 536 g/mol. The summed E-state index contributed by atoms with van der Waals surface area (Å²) in [6, 6.07) is 12.0. The van der Waals surface area contributed by atoms with Crippen molar-refractivity contribution in [2.45, 2.75) is 45.5 Å². The molecule has 1 amide bonds. The molecule has 3 aromatic rings. The number of carbonyl (C=O) groups excluding carboxylic acids is 1. The van der Waals surface area contributed by atoms with Gasteiger partial charge in [-0.15, -0.1) is 0 Å². The normalized spacial score (nSPS) is 15.6. The van der Waals surface area contributed by atoms with Gasteiger partial charge >= 0.3 is 12.1 Å². The molecule has 2 aromatic carbocycles. The fourth-order valence-corrected chi connectivity index (χ4v) is 4.38. The van der Waals surface area contributed by atoms with Crippen LogP contribution < -0.4 is 10.5 Å². The smallest absolute Gasteiger partial charge is 0.475 e. The molecular formula is C26H28F4N4O4. The topological polar surface area (TPSA) is 111 Å². The van der Waals surface area contributed by atoms with Crippen molar-refractivity contribution in [1.29, 1.82) is 0 Å². The van der Waals surface area contributed by atoms with E-state index >= 15 is 0 Å². The number of hydrogen-bond acceptors (Lipinski definition) is 5. The summed E-state index contributed by atoms with van der Waals surface area (Å²) in [5, 5.41) is 11.7. The molecule has 1 saturated heterocycles. The lowest BCUT2D eigenvalue weighted by atomic mass is 10.0. The van der Waals surface area contributed by atoms with Gasteiger partial charge in [0.2, 0.25) is 5.91 Å². The van der Waals surface area contributed by atoms with Gasteiger partial charge in [0.25, 0.3) is 0 Å². The Labute approximate surface area is 216 Å². The quantitative estimate of drug-likeness (QED) is 0.427. The summed E-state index contributed by atoms with van der Waals surface area (Å²) in [4.78, 5) is 22.6. The predicted octanol–water partition coefficient (Wildman–Crippen LogP) is 5.04. The number of ether oxygens (including phenoxy) is 1. The SMILES string of the molecule is Cc1nn(C)c(C)c1C1CCCN1Cc1ccc(Oc2ccc(C(N)=O)cc2F)cc1.O=C(O)C(F)(F)F. The highest BCUT2D eigenvalue weighted by Gasteiger charge is 2.38. The molecule has 12 heteroatoms. The van der Waals surface area contributed by atoms with E-state index in [0.717, 1.165) is 31.3 Å². The molecule has 1 fully saturated rings. The van der Waals surface area contributed by atoms with E-state index in [4.69, 9.17) is 20.4 Å². The number of benzene rings is 2. The second-order valence-electron chi connectivity index (χ2n) is 8.89. The Morgan fingerprint density at radius 3 is 2.29 bits per heavy atom. The van der Waals surface area contributed by atoms with Gasteiger partial charge in [0, 0.05) is 36.5 Å². The van der Waals surface area contributed by atoms with E-state index in [1.54, 1.807) is 0 Å². The molecule has 2 heterocycles. The van der Waals surface area contributed by atoms with Crippen molar-refractivity contribution in [1.82, 2.24) is 14.7 Å². The first-order valence-corrected chi connectivity index (χ1v) is 11.7. The van der Waals surface area contributed by atoms with E-state index in [1.807, 2.05) is 36.0 Å². The molecule has 204 valence electrons. The van der Waals surface area contributed by atoms with Crippen LogP contribution in [0.3, 0.4) is 0 Å². The van der Waals surface area contributed by atoms with Crippen LogP contribution in [0.4, 0.5) is 17.6 Å². The van der Waals surface area contributed by atoms with Gasteiger partial charge in [-0.25, -0.2) is 9.18 Å². The van der Waals surface area contributed by atoms with E-state index in [2.05, 4.69) is 23.8 Å². The zero-order valence-electron chi connectivity index (χ0n) is 21.1. The molecule has 8 nitrogen and oxygen atoms in total. The Morgan fingerprint density at radius 1 is 1.16 bits per heavy atom. The number of carbonyl (C=O) groups is 2. The number of aryl methyl sites for hydroxylation is 2. The van der Waals surface area contributed by atoms with Crippen LogP contribution in [0.1, 0.15) is 51.8 Å². The number of likely N-dealkylation sites (tertiary alicyclic amines) is 1. The standard InChI is InChI=1S/C24H27FN4O2.C2HF3O2/c1-15-23(16(2)28(3)27-15)21-5-4-12-29(21)14-17-6-9-19(10-7-17)31-22-11-8-18(24(26)30)13-20(22)25;3-2(4,5)1(6)7/h6-11,13,21H,4-5,12,14H2,1-3H3,(H2,26,30);(H,6,7). The zero-order valence-corrected chi connectivity index (χ0v) is 21.1. The van der Waals surface area contributed by atoms with Crippen molar-refractivity contribution in [3.05, 3.63) is 76.4 Å². The predicted molar refractivity (Wildman–Crippen MR) is 130 cm³/mol. The highest BCUT2D eigenvalue weighted by molar-refractivity contribution is 5.92. The Balaban J connectivity index is 0.000000505. The van der Waals surface area contributed by atoms with Gasteiger partial charge in [-0.3, -0.25) is 14.4 Å². The molecule has 1 aromatic heterocycles. The molecule has 1 aliphatic rings. The number of carboxylic acid groups (broad SMARTS) is 1. The molecule has 1 aliphatic heterocycles. The minimum absolute atomic E-state index is 0.0554. The third-order valence-electron chi connectivity index (χ3n) is 6.26. The number of halogens is 4. The fourth-order valence-electron chi connectivity index (χ4n) is 4.38. The maximum absolute atomic E-state index is 14.2. The Morgan fingerprint density at radius 2 is 1.79 bits per heavy atom. The van der Waals surface area contributed by atoms with Gasteiger partial charge in [-0.05, 0) is 69.1 Å². The van der Waals surface area contributed by atoms with Gasteiger partial charge in [0.15, 0.2) is 11.6 Å². The first-order valence-electron chi connectivity index (χ1n) is 11.7. The van der Waals surface area contributed by atoms with Crippen molar-refractivity contribution in [3.8, 4) is 11.5 Å². The summed E-state index contributed by atoms with van der Waals surface area (Å²) in [7, 11) is 1.99. The van der Waals surface area contributed by atoms with Crippen molar-refractivity contribution in [3.63, 3.8) is 0 Å². The number of aliphatic carboxylic acids is 1. The van der Waals surface area contributed by atoms with Crippen LogP contribution in [-0.2, 0) is 18.4 Å². The molecule has 3 N–H and O–H groups in total. The van der Waals surface area contributed by atoms with Gasteiger partial charge in [0.1, 0.15) is 5.75 Å². The lowest BCUT2D eigenvalue weighted by Crippen LogP contribution is -2.23. The summed E-state index contributed by atoms with van der Waals surface area (Å²) in [6.45, 7) is 6.10. The van der Waals surface area contributed by atoms with E-state index in [9.17, 15) is 22.4 Å². The Hall–Kier alpha value is -3.93. The average Bonchev–Trinajstić information content (AvgIpc) is 3.38. The highest BCUT2D eigenvalue weighted by Crippen LogP contribution is 2.36. The number of carboxylic acids is 1. The third-order valence-corrected chi connectivity index (χ3v) is 6.26. The van der Waals surface area contributed by atoms with Crippen LogP contribution in [0.2, 0.25) is 0 Å². The molecule has 0 saturated carbocycles. The van der Waals surface area contributed by atoms with Crippen molar-refractivity contribution < 1.29 is 37.0 Å². The van der Waals surface area contributed by atoms with Gasteiger partial charge in [-0.1, -0.05) is 12.1 Å². The minimum Gasteiger partial charge on any atom is -0.475 e. The minimum atomic E-state index is -5.08. The van der Waals surface area contributed by atoms with Crippen LogP contribution >= 0.6 is 0 Å². The number of nitrogens with zero attached hydrogens (tertiary/aromatic N) is 3. The summed E-state index contributed by atoms with van der Waals surface area (Å²) in [5.74, 6) is -3.46. The molecular weight excluding hydrogens is 508 g/mol. The number of nitrogens with two attached hydrogens (primary N) is 1. The highest BCUT2D eigenvalue weighted by atomic mass is 19.4. The van der Waals surface area contributed by atoms with Crippen LogP contribution in [0, 0.1) is 19.7 Å². The third kappa shape index (κ3) is 6.88. The molecule has 4 rings (SSSR count).